The van der Waals surface area contributed by atoms with Crippen LogP contribution in [0.3, 0.4) is 0 Å². The average Bonchev–Trinajstić information content (AvgIpc) is 2.18. The van der Waals surface area contributed by atoms with Crippen molar-refractivity contribution in [2.75, 3.05) is 28.3 Å². The summed E-state index contributed by atoms with van der Waals surface area (Å²) < 4.78 is 6.40. The van der Waals surface area contributed by atoms with E-state index >= 15 is 0 Å². The molecule has 0 aliphatic carbocycles. The van der Waals surface area contributed by atoms with Crippen LogP contribution in [0.2, 0.25) is 0 Å². The fourth-order valence-electron chi connectivity index (χ4n) is 1.61. The van der Waals surface area contributed by atoms with E-state index < -0.39 is 0 Å². The number of halogens is 1. The second kappa shape index (κ2) is 5.49. The Morgan fingerprint density at radius 3 is 2.53 bits per heavy atom. The molecule has 1 unspecified atom stereocenters. The lowest BCUT2D eigenvalue weighted by atomic mass is 10.1. The molecule has 15 heavy (non-hydrogen) atoms. The molecule has 3 nitrogen and oxygen atoms in total. The maximum Gasteiger partial charge on any atom is 0.125 e. The molecule has 0 bridgehead atoms. The SMILES string of the molecule is CNC(c1cc(Br)ccc1OC)N(C)C. The van der Waals surface area contributed by atoms with E-state index in [0.717, 1.165) is 15.8 Å². The Kier molecular flexibility index (Phi) is 4.57. The van der Waals surface area contributed by atoms with E-state index in [1.54, 1.807) is 7.11 Å². The van der Waals surface area contributed by atoms with Crippen LogP contribution in [0.1, 0.15) is 11.7 Å². The Hall–Kier alpha value is -0.580. The van der Waals surface area contributed by atoms with E-state index in [1.165, 1.54) is 0 Å². The zero-order valence-electron chi connectivity index (χ0n) is 9.54. The number of nitrogens with one attached hydrogen (secondary N) is 1. The molecule has 0 radical (unpaired) electrons. The summed E-state index contributed by atoms with van der Waals surface area (Å²) in [6, 6.07) is 6.01. The summed E-state index contributed by atoms with van der Waals surface area (Å²) in [6.45, 7) is 0. The topological polar surface area (TPSA) is 24.5 Å². The molecule has 0 fully saturated rings. The maximum absolute atomic E-state index is 5.35. The highest BCUT2D eigenvalue weighted by atomic mass is 79.9. The van der Waals surface area contributed by atoms with Crippen LogP contribution in [0, 0.1) is 0 Å². The van der Waals surface area contributed by atoms with Gasteiger partial charge in [0.1, 0.15) is 5.75 Å². The van der Waals surface area contributed by atoms with Gasteiger partial charge in [-0.1, -0.05) is 15.9 Å². The van der Waals surface area contributed by atoms with Gasteiger partial charge in [-0.2, -0.15) is 0 Å². The minimum absolute atomic E-state index is 0.150. The number of hydrogen-bond donors (Lipinski definition) is 1. The molecule has 0 aliphatic heterocycles. The van der Waals surface area contributed by atoms with Gasteiger partial charge in [-0.15, -0.1) is 0 Å². The molecule has 0 heterocycles. The van der Waals surface area contributed by atoms with Gasteiger partial charge in [-0.05, 0) is 39.3 Å². The molecule has 0 aliphatic rings. The zero-order chi connectivity index (χ0) is 11.4. The van der Waals surface area contributed by atoms with E-state index in [9.17, 15) is 0 Å². The Morgan fingerprint density at radius 1 is 1.40 bits per heavy atom. The first-order valence-electron chi connectivity index (χ1n) is 4.77. The van der Waals surface area contributed by atoms with Crippen LogP contribution >= 0.6 is 15.9 Å². The number of ether oxygens (including phenoxy) is 1. The van der Waals surface area contributed by atoms with Gasteiger partial charge >= 0.3 is 0 Å². The van der Waals surface area contributed by atoms with Gasteiger partial charge in [0, 0.05) is 10.0 Å². The van der Waals surface area contributed by atoms with Gasteiger partial charge in [-0.3, -0.25) is 4.90 Å². The van der Waals surface area contributed by atoms with Crippen LogP contribution in [-0.2, 0) is 0 Å². The monoisotopic (exact) mass is 272 g/mol. The number of methoxy groups -OCH3 is 1. The van der Waals surface area contributed by atoms with E-state index in [-0.39, 0.29) is 6.17 Å². The first kappa shape index (κ1) is 12.5. The third-order valence-electron chi connectivity index (χ3n) is 2.28. The smallest absolute Gasteiger partial charge is 0.125 e. The van der Waals surface area contributed by atoms with Crippen LogP contribution < -0.4 is 10.1 Å². The van der Waals surface area contributed by atoms with E-state index in [4.69, 9.17) is 4.74 Å². The van der Waals surface area contributed by atoms with Crippen LogP contribution in [0.15, 0.2) is 22.7 Å². The standard InChI is InChI=1S/C11H17BrN2O/c1-13-11(14(2)3)9-7-8(12)5-6-10(9)15-4/h5-7,11,13H,1-4H3. The van der Waals surface area contributed by atoms with Crippen molar-refractivity contribution in [2.24, 2.45) is 0 Å². The molecule has 1 rings (SSSR count). The van der Waals surface area contributed by atoms with Gasteiger partial charge in [0.25, 0.3) is 0 Å². The predicted molar refractivity (Wildman–Crippen MR) is 66.2 cm³/mol. The largest absolute Gasteiger partial charge is 0.496 e. The first-order valence-corrected chi connectivity index (χ1v) is 5.56. The Morgan fingerprint density at radius 2 is 2.07 bits per heavy atom. The normalized spacial score (nSPS) is 12.9. The summed E-state index contributed by atoms with van der Waals surface area (Å²) in [5.74, 6) is 0.895. The highest BCUT2D eigenvalue weighted by Crippen LogP contribution is 2.29. The summed E-state index contributed by atoms with van der Waals surface area (Å²) in [5.41, 5.74) is 1.12. The summed E-state index contributed by atoms with van der Waals surface area (Å²) >= 11 is 3.47. The number of nitrogens with zero attached hydrogens (tertiary/aromatic N) is 1. The minimum atomic E-state index is 0.150. The van der Waals surface area contributed by atoms with E-state index in [1.807, 2.05) is 33.3 Å². The summed E-state index contributed by atoms with van der Waals surface area (Å²) in [6.07, 6.45) is 0.150. The molecule has 1 N–H and O–H groups in total. The highest BCUT2D eigenvalue weighted by Gasteiger charge is 2.16. The molecule has 4 heteroatoms. The minimum Gasteiger partial charge on any atom is -0.496 e. The Bertz CT molecular complexity index is 328. The lowest BCUT2D eigenvalue weighted by molar-refractivity contribution is 0.256. The lowest BCUT2D eigenvalue weighted by Crippen LogP contribution is -2.31. The van der Waals surface area contributed by atoms with Crippen molar-refractivity contribution in [1.82, 2.24) is 10.2 Å². The molecule has 84 valence electrons. The van der Waals surface area contributed by atoms with Crippen molar-refractivity contribution < 1.29 is 4.74 Å². The van der Waals surface area contributed by atoms with E-state index in [0.29, 0.717) is 0 Å². The number of rotatable bonds is 4. The number of benzene rings is 1. The predicted octanol–water partition coefficient (Wildman–Crippen LogP) is 2.24. The van der Waals surface area contributed by atoms with Gasteiger partial charge in [0.2, 0.25) is 0 Å². The van der Waals surface area contributed by atoms with Crippen LogP contribution in [0.25, 0.3) is 0 Å². The zero-order valence-corrected chi connectivity index (χ0v) is 11.1. The Labute approximate surface area is 99.5 Å². The summed E-state index contributed by atoms with van der Waals surface area (Å²) in [4.78, 5) is 2.10. The molecule has 0 saturated carbocycles. The molecule has 0 saturated heterocycles. The average molecular weight is 273 g/mol. The van der Waals surface area contributed by atoms with Crippen molar-refractivity contribution in [3.63, 3.8) is 0 Å². The van der Waals surface area contributed by atoms with Crippen LogP contribution in [-0.4, -0.2) is 33.2 Å². The second-order valence-electron chi connectivity index (χ2n) is 3.54. The molecule has 1 atom stereocenters. The van der Waals surface area contributed by atoms with Crippen molar-refractivity contribution in [1.29, 1.82) is 0 Å². The molecule has 1 aromatic rings. The molecular formula is C11H17BrN2O. The molecule has 0 aromatic heterocycles. The van der Waals surface area contributed by atoms with Crippen molar-refractivity contribution in [3.05, 3.63) is 28.2 Å². The van der Waals surface area contributed by atoms with Gasteiger partial charge in [-0.25, -0.2) is 0 Å². The van der Waals surface area contributed by atoms with Crippen LogP contribution in [0.5, 0.6) is 5.75 Å². The molecule has 1 aromatic carbocycles. The van der Waals surface area contributed by atoms with Crippen molar-refractivity contribution >= 4 is 15.9 Å². The highest BCUT2D eigenvalue weighted by molar-refractivity contribution is 9.10. The molecule has 0 amide bonds. The Balaban J connectivity index is 3.13. The third kappa shape index (κ3) is 2.93. The van der Waals surface area contributed by atoms with Gasteiger partial charge in [0.15, 0.2) is 0 Å². The van der Waals surface area contributed by atoms with Crippen LogP contribution in [0.4, 0.5) is 0 Å². The molecule has 0 spiro atoms. The lowest BCUT2D eigenvalue weighted by Gasteiger charge is -2.25. The maximum atomic E-state index is 5.35. The fourth-order valence-corrected chi connectivity index (χ4v) is 1.99. The first-order chi connectivity index (χ1) is 7.10. The third-order valence-corrected chi connectivity index (χ3v) is 2.77. The van der Waals surface area contributed by atoms with Gasteiger partial charge < -0.3 is 10.1 Å². The molecular weight excluding hydrogens is 256 g/mol. The quantitative estimate of drug-likeness (QED) is 0.851. The fraction of sp³-hybridized carbons (Fsp3) is 0.455. The van der Waals surface area contributed by atoms with Crippen molar-refractivity contribution in [3.8, 4) is 5.75 Å². The summed E-state index contributed by atoms with van der Waals surface area (Å²) in [7, 11) is 7.68. The summed E-state index contributed by atoms with van der Waals surface area (Å²) in [5, 5.41) is 3.24. The second-order valence-corrected chi connectivity index (χ2v) is 4.46. The van der Waals surface area contributed by atoms with Gasteiger partial charge in [0.05, 0.1) is 13.3 Å². The van der Waals surface area contributed by atoms with Crippen molar-refractivity contribution in [2.45, 2.75) is 6.17 Å². The number of hydrogen-bond acceptors (Lipinski definition) is 3. The van der Waals surface area contributed by atoms with E-state index in [2.05, 4.69) is 32.2 Å².